The third kappa shape index (κ3) is 3.84. The van der Waals surface area contributed by atoms with E-state index < -0.39 is 22.7 Å². The smallest absolute Gasteiger partial charge is 0.206 e. The van der Waals surface area contributed by atoms with Gasteiger partial charge in [-0.3, -0.25) is 0 Å². The van der Waals surface area contributed by atoms with Crippen LogP contribution in [0.5, 0.6) is 0 Å². The summed E-state index contributed by atoms with van der Waals surface area (Å²) in [5.74, 6) is 0.128. The maximum atomic E-state index is 12.1. The number of alkyl halides is 4. The van der Waals surface area contributed by atoms with Crippen LogP contribution >= 0.6 is 22.9 Å². The zero-order valence-corrected chi connectivity index (χ0v) is 11.0. The maximum Gasteiger partial charge on any atom is 0.402 e. The van der Waals surface area contributed by atoms with Gasteiger partial charge in [0.25, 0.3) is 10.0 Å². The molecule has 1 aromatic heterocycles. The summed E-state index contributed by atoms with van der Waals surface area (Å²) in [5, 5.41) is 0. The van der Waals surface area contributed by atoms with Crippen molar-refractivity contribution in [3.05, 3.63) is 17.0 Å². The molecule has 0 N–H and O–H groups in total. The van der Waals surface area contributed by atoms with Crippen LogP contribution in [0.2, 0.25) is 0 Å². The Morgan fingerprint density at radius 1 is 1.41 bits per heavy atom. The second kappa shape index (κ2) is 5.13. The van der Waals surface area contributed by atoms with E-state index >= 15 is 0 Å². The van der Waals surface area contributed by atoms with Gasteiger partial charge in [-0.1, -0.05) is 0 Å². The lowest BCUT2D eigenvalue weighted by molar-refractivity contribution is -0.134. The highest BCUT2D eigenvalue weighted by Gasteiger charge is 2.35. The molecule has 0 aliphatic rings. The van der Waals surface area contributed by atoms with Crippen LogP contribution in [0.15, 0.2) is 16.3 Å². The monoisotopic (exact) mass is 307 g/mol. The van der Waals surface area contributed by atoms with Crippen molar-refractivity contribution in [3.8, 4) is 0 Å². The molecule has 0 saturated carbocycles. The van der Waals surface area contributed by atoms with Crippen LogP contribution in [0.4, 0.5) is 13.2 Å². The van der Waals surface area contributed by atoms with Gasteiger partial charge in [-0.15, -0.1) is 22.9 Å². The molecule has 1 heterocycles. The van der Waals surface area contributed by atoms with E-state index in [1.807, 2.05) is 0 Å². The molecule has 0 atom stereocenters. The molecule has 0 bridgehead atoms. The second-order valence-electron chi connectivity index (χ2n) is 3.23. The average Bonchev–Trinajstić information content (AvgIpc) is 2.63. The number of rotatable bonds is 4. The predicted octanol–water partition coefficient (Wildman–Crippen LogP) is 2.67. The molecule has 0 spiro atoms. The molecule has 0 aliphatic carbocycles. The molecule has 1 rings (SSSR count). The van der Waals surface area contributed by atoms with E-state index in [1.165, 1.54) is 12.1 Å². The first-order chi connectivity index (χ1) is 7.66. The lowest BCUT2D eigenvalue weighted by Gasteiger charge is -2.17. The molecule has 0 radical (unpaired) electrons. The summed E-state index contributed by atoms with van der Waals surface area (Å²) in [4.78, 5) is 0.589. The van der Waals surface area contributed by atoms with E-state index in [0.717, 1.165) is 18.4 Å². The summed E-state index contributed by atoms with van der Waals surface area (Å²) in [6, 6.07) is 2.73. The number of sulfonamides is 1. The fourth-order valence-corrected chi connectivity index (χ4v) is 3.89. The molecular weight excluding hydrogens is 299 g/mol. The van der Waals surface area contributed by atoms with Crippen molar-refractivity contribution in [2.24, 2.45) is 0 Å². The molecule has 0 saturated heterocycles. The summed E-state index contributed by atoms with van der Waals surface area (Å²) < 4.78 is 59.9. The number of hydrogen-bond donors (Lipinski definition) is 0. The van der Waals surface area contributed by atoms with E-state index in [-0.39, 0.29) is 14.4 Å². The molecule has 1 aromatic rings. The van der Waals surface area contributed by atoms with Crippen LogP contribution in [0.25, 0.3) is 0 Å². The summed E-state index contributed by atoms with van der Waals surface area (Å²) in [5.41, 5.74) is 0. The van der Waals surface area contributed by atoms with Gasteiger partial charge in [-0.25, -0.2) is 8.42 Å². The minimum Gasteiger partial charge on any atom is -0.206 e. The topological polar surface area (TPSA) is 37.4 Å². The van der Waals surface area contributed by atoms with Crippen molar-refractivity contribution >= 4 is 33.0 Å². The fraction of sp³-hybridized carbons (Fsp3) is 0.500. The Bertz CT molecular complexity index is 483. The van der Waals surface area contributed by atoms with Crippen LogP contribution < -0.4 is 0 Å². The number of nitrogens with zero attached hydrogens (tertiary/aromatic N) is 1. The summed E-state index contributed by atoms with van der Waals surface area (Å²) in [7, 11) is -3.20. The Morgan fingerprint density at radius 3 is 2.41 bits per heavy atom. The van der Waals surface area contributed by atoms with Gasteiger partial charge in [-0.05, 0) is 12.1 Å². The molecular formula is C8H9ClF3NO2S2. The largest absolute Gasteiger partial charge is 0.402 e. The van der Waals surface area contributed by atoms with E-state index in [1.54, 1.807) is 0 Å². The Morgan fingerprint density at radius 2 is 2.00 bits per heavy atom. The predicted molar refractivity (Wildman–Crippen MR) is 59.7 cm³/mol. The van der Waals surface area contributed by atoms with E-state index in [9.17, 15) is 21.6 Å². The first-order valence-electron chi connectivity index (χ1n) is 4.34. The number of halogens is 4. The highest BCUT2D eigenvalue weighted by atomic mass is 35.5. The van der Waals surface area contributed by atoms with Gasteiger partial charge in [0.05, 0.1) is 5.88 Å². The van der Waals surface area contributed by atoms with Crippen molar-refractivity contribution < 1.29 is 21.6 Å². The van der Waals surface area contributed by atoms with Crippen LogP contribution in [0.1, 0.15) is 4.88 Å². The first kappa shape index (κ1) is 14.7. The molecule has 17 heavy (non-hydrogen) atoms. The first-order valence-corrected chi connectivity index (χ1v) is 7.13. The van der Waals surface area contributed by atoms with Crippen LogP contribution in [0.3, 0.4) is 0 Å². The summed E-state index contributed by atoms with van der Waals surface area (Å²) in [6.07, 6.45) is -4.56. The van der Waals surface area contributed by atoms with Gasteiger partial charge in [0.15, 0.2) is 0 Å². The van der Waals surface area contributed by atoms with Crippen LogP contribution in [-0.2, 0) is 15.9 Å². The van der Waals surface area contributed by atoms with E-state index in [0.29, 0.717) is 4.88 Å². The SMILES string of the molecule is CN(CC(F)(F)F)S(=O)(=O)c1ccc(CCl)s1. The molecule has 9 heteroatoms. The van der Waals surface area contributed by atoms with Gasteiger partial charge in [-0.2, -0.15) is 17.5 Å². The van der Waals surface area contributed by atoms with Crippen LogP contribution in [-0.4, -0.2) is 32.5 Å². The van der Waals surface area contributed by atoms with Crippen molar-refractivity contribution in [2.45, 2.75) is 16.3 Å². The third-order valence-corrected chi connectivity index (χ3v) is 5.64. The van der Waals surface area contributed by atoms with E-state index in [2.05, 4.69) is 0 Å². The van der Waals surface area contributed by atoms with Crippen molar-refractivity contribution in [1.29, 1.82) is 0 Å². The third-order valence-electron chi connectivity index (χ3n) is 1.84. The molecule has 3 nitrogen and oxygen atoms in total. The molecule has 0 fully saturated rings. The second-order valence-corrected chi connectivity index (χ2v) is 6.94. The maximum absolute atomic E-state index is 12.1. The van der Waals surface area contributed by atoms with Gasteiger partial charge >= 0.3 is 6.18 Å². The lowest BCUT2D eigenvalue weighted by Crippen LogP contribution is -2.35. The molecule has 0 unspecified atom stereocenters. The lowest BCUT2D eigenvalue weighted by atomic mass is 10.5. The van der Waals surface area contributed by atoms with Crippen molar-refractivity contribution in [1.82, 2.24) is 4.31 Å². The van der Waals surface area contributed by atoms with Gasteiger partial charge in [0.2, 0.25) is 0 Å². The molecule has 0 amide bonds. The minimum absolute atomic E-state index is 0.128. The minimum atomic E-state index is -4.56. The Labute approximate surface area is 106 Å². The van der Waals surface area contributed by atoms with Gasteiger partial charge in [0.1, 0.15) is 10.8 Å². The Hall–Kier alpha value is -0.310. The Balaban J connectivity index is 2.95. The number of hydrogen-bond acceptors (Lipinski definition) is 3. The Kier molecular flexibility index (Phi) is 4.45. The average molecular weight is 308 g/mol. The molecule has 98 valence electrons. The van der Waals surface area contributed by atoms with Crippen molar-refractivity contribution in [2.75, 3.05) is 13.6 Å². The van der Waals surface area contributed by atoms with Gasteiger partial charge < -0.3 is 0 Å². The molecule has 0 aliphatic heterocycles. The zero-order valence-electron chi connectivity index (χ0n) is 8.66. The fourth-order valence-electron chi connectivity index (χ4n) is 1.06. The van der Waals surface area contributed by atoms with E-state index in [4.69, 9.17) is 11.6 Å². The highest BCUT2D eigenvalue weighted by Crippen LogP contribution is 2.27. The zero-order chi connectivity index (χ0) is 13.3. The molecule has 0 aromatic carbocycles. The normalized spacial score (nSPS) is 13.3. The van der Waals surface area contributed by atoms with Crippen molar-refractivity contribution in [3.63, 3.8) is 0 Å². The number of thiophene rings is 1. The standard InChI is InChI=1S/C8H9ClF3NO2S2/c1-13(5-8(10,11)12)17(14,15)7-3-2-6(4-9)16-7/h2-3H,4-5H2,1H3. The van der Waals surface area contributed by atoms with Gasteiger partial charge in [0, 0.05) is 11.9 Å². The highest BCUT2D eigenvalue weighted by molar-refractivity contribution is 7.91. The van der Waals surface area contributed by atoms with Crippen LogP contribution in [0, 0.1) is 0 Å². The quantitative estimate of drug-likeness (QED) is 0.802. The summed E-state index contributed by atoms with van der Waals surface area (Å²) in [6.45, 7) is -1.51. The summed E-state index contributed by atoms with van der Waals surface area (Å²) >= 11 is 6.36.